The Morgan fingerprint density at radius 3 is 2.82 bits per heavy atom. The molecule has 3 N–H and O–H groups in total. The molecule has 98 valence electrons. The Bertz CT molecular complexity index is 311. The van der Waals surface area contributed by atoms with Crippen LogP contribution in [0.3, 0.4) is 0 Å². The number of hydrogen-bond acceptors (Lipinski definition) is 4. The highest BCUT2D eigenvalue weighted by molar-refractivity contribution is 7.99. The van der Waals surface area contributed by atoms with E-state index in [4.69, 9.17) is 5.84 Å². The molecule has 0 fully saturated rings. The lowest BCUT2D eigenvalue weighted by molar-refractivity contribution is 0.527. The van der Waals surface area contributed by atoms with Crippen molar-refractivity contribution in [2.24, 2.45) is 11.8 Å². The number of imidazole rings is 1. The lowest BCUT2D eigenvalue weighted by Gasteiger charge is -2.17. The molecule has 1 unspecified atom stereocenters. The molecule has 0 radical (unpaired) electrons. The summed E-state index contributed by atoms with van der Waals surface area (Å²) in [7, 11) is 0. The van der Waals surface area contributed by atoms with E-state index in [9.17, 15) is 0 Å². The number of aromatic nitrogens is 2. The zero-order valence-corrected chi connectivity index (χ0v) is 11.8. The minimum Gasteiger partial charge on any atom is -0.334 e. The first-order chi connectivity index (χ1) is 8.19. The highest BCUT2D eigenvalue weighted by atomic mass is 32.2. The number of nitrogens with zero attached hydrogens (tertiary/aromatic N) is 2. The predicted octanol–water partition coefficient (Wildman–Crippen LogP) is 2.19. The third kappa shape index (κ3) is 4.69. The number of aryl methyl sites for hydroxylation is 1. The van der Waals surface area contributed by atoms with E-state index in [2.05, 4.69) is 35.7 Å². The van der Waals surface area contributed by atoms with E-state index in [1.807, 2.05) is 24.2 Å². The molecule has 0 bridgehead atoms. The highest BCUT2D eigenvalue weighted by Gasteiger charge is 2.15. The molecular weight excluding hydrogens is 232 g/mol. The third-order valence-electron chi connectivity index (χ3n) is 2.46. The van der Waals surface area contributed by atoms with E-state index in [0.29, 0.717) is 5.92 Å². The van der Waals surface area contributed by atoms with E-state index < -0.39 is 0 Å². The monoisotopic (exact) mass is 256 g/mol. The van der Waals surface area contributed by atoms with Gasteiger partial charge in [0.25, 0.3) is 0 Å². The summed E-state index contributed by atoms with van der Waals surface area (Å²) in [6, 6.07) is 0.139. The lowest BCUT2D eigenvalue weighted by atomic mass is 10.3. The largest absolute Gasteiger partial charge is 0.334 e. The topological polar surface area (TPSA) is 55.9 Å². The molecule has 0 aromatic carbocycles. The molecule has 0 aliphatic heterocycles. The Kier molecular flexibility index (Phi) is 6.62. The van der Waals surface area contributed by atoms with Crippen molar-refractivity contribution in [3.8, 4) is 0 Å². The Balaban J connectivity index is 2.56. The van der Waals surface area contributed by atoms with Crippen molar-refractivity contribution in [2.75, 3.05) is 11.5 Å². The van der Waals surface area contributed by atoms with E-state index in [1.165, 1.54) is 0 Å². The standard InChI is InChI=1S/C12H24N4S/c1-4-6-16-7-5-14-12(16)11(15-13)9-17-8-10(2)3/h5,7,10-11,15H,4,6,8-9,13H2,1-3H3. The van der Waals surface area contributed by atoms with Crippen LogP contribution in [0.15, 0.2) is 12.4 Å². The summed E-state index contributed by atoms with van der Waals surface area (Å²) >= 11 is 1.92. The Hall–Kier alpha value is -0.520. The van der Waals surface area contributed by atoms with Crippen LogP contribution in [-0.4, -0.2) is 21.1 Å². The molecular formula is C12H24N4S. The van der Waals surface area contributed by atoms with Crippen LogP contribution in [0.5, 0.6) is 0 Å². The quantitative estimate of drug-likeness (QED) is 0.553. The van der Waals surface area contributed by atoms with Crippen molar-refractivity contribution >= 4 is 11.8 Å². The maximum atomic E-state index is 5.63. The van der Waals surface area contributed by atoms with Gasteiger partial charge in [-0.25, -0.2) is 10.4 Å². The minimum atomic E-state index is 0.139. The SMILES string of the molecule is CCCn1ccnc1C(CSCC(C)C)NN. The first-order valence-corrected chi connectivity index (χ1v) is 7.39. The molecule has 0 saturated carbocycles. The van der Waals surface area contributed by atoms with Gasteiger partial charge in [-0.3, -0.25) is 5.84 Å². The molecule has 1 aromatic heterocycles. The van der Waals surface area contributed by atoms with Crippen molar-refractivity contribution in [2.45, 2.75) is 39.8 Å². The zero-order valence-electron chi connectivity index (χ0n) is 11.0. The molecule has 4 nitrogen and oxygen atoms in total. The lowest BCUT2D eigenvalue weighted by Crippen LogP contribution is -2.32. The maximum Gasteiger partial charge on any atom is 0.128 e. The summed E-state index contributed by atoms with van der Waals surface area (Å²) in [6.45, 7) is 7.64. The van der Waals surface area contributed by atoms with E-state index >= 15 is 0 Å². The molecule has 17 heavy (non-hydrogen) atoms. The number of rotatable bonds is 8. The number of nitrogens with one attached hydrogen (secondary N) is 1. The van der Waals surface area contributed by atoms with Crippen LogP contribution in [0.2, 0.25) is 0 Å². The molecule has 1 heterocycles. The first-order valence-electron chi connectivity index (χ1n) is 6.23. The van der Waals surface area contributed by atoms with Crippen molar-refractivity contribution in [1.29, 1.82) is 0 Å². The predicted molar refractivity (Wildman–Crippen MR) is 74.7 cm³/mol. The molecule has 1 rings (SSSR count). The number of nitrogens with two attached hydrogens (primary N) is 1. The number of hydrazine groups is 1. The molecule has 0 aliphatic carbocycles. The molecule has 0 spiro atoms. The van der Waals surface area contributed by atoms with Crippen LogP contribution in [0.1, 0.15) is 39.1 Å². The summed E-state index contributed by atoms with van der Waals surface area (Å²) in [5.74, 6) is 9.52. The summed E-state index contributed by atoms with van der Waals surface area (Å²) in [4.78, 5) is 4.41. The zero-order chi connectivity index (χ0) is 12.7. The van der Waals surface area contributed by atoms with Crippen molar-refractivity contribution in [3.63, 3.8) is 0 Å². The summed E-state index contributed by atoms with van der Waals surface area (Å²) in [5, 5.41) is 0. The minimum absolute atomic E-state index is 0.139. The second-order valence-electron chi connectivity index (χ2n) is 4.63. The van der Waals surface area contributed by atoms with Crippen molar-refractivity contribution < 1.29 is 0 Å². The van der Waals surface area contributed by atoms with Gasteiger partial charge in [-0.15, -0.1) is 0 Å². The van der Waals surface area contributed by atoms with Gasteiger partial charge in [0.15, 0.2) is 0 Å². The highest BCUT2D eigenvalue weighted by Crippen LogP contribution is 2.18. The molecule has 1 aromatic rings. The van der Waals surface area contributed by atoms with Crippen LogP contribution >= 0.6 is 11.8 Å². The number of thioether (sulfide) groups is 1. The van der Waals surface area contributed by atoms with E-state index in [-0.39, 0.29) is 6.04 Å². The molecule has 0 amide bonds. The summed E-state index contributed by atoms with van der Waals surface area (Å²) < 4.78 is 2.18. The van der Waals surface area contributed by atoms with Crippen LogP contribution in [0.4, 0.5) is 0 Å². The van der Waals surface area contributed by atoms with Gasteiger partial charge in [0.05, 0.1) is 6.04 Å². The smallest absolute Gasteiger partial charge is 0.128 e. The fourth-order valence-electron chi connectivity index (χ4n) is 1.68. The maximum absolute atomic E-state index is 5.63. The second-order valence-corrected chi connectivity index (χ2v) is 5.70. The van der Waals surface area contributed by atoms with Gasteiger partial charge in [0, 0.05) is 24.7 Å². The van der Waals surface area contributed by atoms with Crippen LogP contribution < -0.4 is 11.3 Å². The number of hydrogen-bond donors (Lipinski definition) is 2. The Labute approximate surface area is 108 Å². The van der Waals surface area contributed by atoms with E-state index in [1.54, 1.807) is 0 Å². The molecule has 0 aliphatic rings. The van der Waals surface area contributed by atoms with Crippen molar-refractivity contribution in [3.05, 3.63) is 18.2 Å². The fourth-order valence-corrected chi connectivity index (χ4v) is 2.77. The second kappa shape index (κ2) is 7.74. The molecule has 5 heteroatoms. The molecule has 1 atom stereocenters. The van der Waals surface area contributed by atoms with Gasteiger partial charge in [0.1, 0.15) is 5.82 Å². The van der Waals surface area contributed by atoms with Gasteiger partial charge in [-0.05, 0) is 18.1 Å². The van der Waals surface area contributed by atoms with Gasteiger partial charge in [-0.2, -0.15) is 11.8 Å². The van der Waals surface area contributed by atoms with Gasteiger partial charge >= 0.3 is 0 Å². The van der Waals surface area contributed by atoms with Crippen LogP contribution in [0, 0.1) is 5.92 Å². The first kappa shape index (κ1) is 14.5. The van der Waals surface area contributed by atoms with E-state index in [0.717, 1.165) is 30.3 Å². The van der Waals surface area contributed by atoms with Crippen molar-refractivity contribution in [1.82, 2.24) is 15.0 Å². The van der Waals surface area contributed by atoms with Gasteiger partial charge < -0.3 is 4.57 Å². The average molecular weight is 256 g/mol. The average Bonchev–Trinajstić information content (AvgIpc) is 2.73. The Morgan fingerprint density at radius 2 is 2.24 bits per heavy atom. The normalized spacial score (nSPS) is 13.2. The Morgan fingerprint density at radius 1 is 1.47 bits per heavy atom. The van der Waals surface area contributed by atoms with Gasteiger partial charge in [0.2, 0.25) is 0 Å². The molecule has 0 saturated heterocycles. The summed E-state index contributed by atoms with van der Waals surface area (Å²) in [5.41, 5.74) is 2.87. The van der Waals surface area contributed by atoms with Gasteiger partial charge in [-0.1, -0.05) is 20.8 Å². The van der Waals surface area contributed by atoms with Crippen LogP contribution in [0.25, 0.3) is 0 Å². The van der Waals surface area contributed by atoms with Crippen LogP contribution in [-0.2, 0) is 6.54 Å². The fraction of sp³-hybridized carbons (Fsp3) is 0.750. The summed E-state index contributed by atoms with van der Waals surface area (Å²) in [6.07, 6.45) is 4.98. The third-order valence-corrected chi connectivity index (χ3v) is 3.93.